The summed E-state index contributed by atoms with van der Waals surface area (Å²) < 4.78 is 23.7. The first-order valence-corrected chi connectivity index (χ1v) is 30.2. The molecule has 0 bridgehead atoms. The third kappa shape index (κ3) is 41.7. The van der Waals surface area contributed by atoms with Crippen LogP contribution in [0.2, 0.25) is 0 Å². The van der Waals surface area contributed by atoms with Gasteiger partial charge >= 0.3 is 11.4 Å². The van der Waals surface area contributed by atoms with Gasteiger partial charge in [0.2, 0.25) is 0 Å². The lowest BCUT2D eigenvalue weighted by Crippen LogP contribution is -2.05. The van der Waals surface area contributed by atoms with Crippen LogP contribution in [0.3, 0.4) is 0 Å². The van der Waals surface area contributed by atoms with E-state index in [-0.39, 0.29) is 17.0 Å². The van der Waals surface area contributed by atoms with Crippen molar-refractivity contribution in [2.75, 3.05) is 37.9 Å². The maximum absolute atomic E-state index is 11.4. The Kier molecular flexibility index (Phi) is 53.2. The van der Waals surface area contributed by atoms with E-state index in [2.05, 4.69) is 39.4 Å². The van der Waals surface area contributed by atoms with Crippen molar-refractivity contribution in [3.8, 4) is 23.0 Å². The van der Waals surface area contributed by atoms with Gasteiger partial charge in [0.1, 0.15) is 0 Å². The van der Waals surface area contributed by atoms with E-state index in [0.717, 1.165) is 75.0 Å². The number of nitro benzene ring substituents is 2. The lowest BCUT2D eigenvalue weighted by Gasteiger charge is -2.15. The van der Waals surface area contributed by atoms with Crippen molar-refractivity contribution in [1.82, 2.24) is 0 Å². The molecule has 0 unspecified atom stereocenters. The van der Waals surface area contributed by atoms with Gasteiger partial charge < -0.3 is 35.9 Å². The van der Waals surface area contributed by atoms with E-state index < -0.39 is 21.2 Å². The summed E-state index contributed by atoms with van der Waals surface area (Å²) in [7, 11) is 0. The smallest absolute Gasteiger partial charge is 0.350 e. The molecule has 2 rings (SSSR count). The van der Waals surface area contributed by atoms with Crippen molar-refractivity contribution in [3.05, 3.63) is 44.5 Å². The van der Waals surface area contributed by atoms with Crippen LogP contribution in [-0.2, 0) is 0 Å². The Hall–Kier alpha value is -4.08. The predicted molar refractivity (Wildman–Crippen MR) is 316 cm³/mol. The molecular formula is C60H114N6O9. The minimum Gasteiger partial charge on any atom is -0.490 e. The second-order valence-electron chi connectivity index (χ2n) is 20.4. The van der Waals surface area contributed by atoms with Gasteiger partial charge in [-0.05, 0) is 25.7 Å². The van der Waals surface area contributed by atoms with E-state index >= 15 is 0 Å². The standard InChI is InChI=1S/C30H52N2O6.C30H56N2O2.H4N2.H2O/c1-3-5-7-9-11-13-15-17-19-21-23-37-29-25-27(31(33)34)28(32(35)36)26-30(29)38-24-22-20-18-16-14-12-10-8-6-4-2;1-3-5-7-9-11-13-15-17-19-21-23-33-29-25-27(31)28(32)26-30(29)34-24-22-20-18-16-14-12-10-8-6-4-2;1-2;/h25-26H,3-24H2,1-2H3;25-26H,3-24,31-32H2,1-2H3;1-2H2;1H2. The first-order valence-electron chi connectivity index (χ1n) is 30.2. The Morgan fingerprint density at radius 3 is 0.653 bits per heavy atom. The van der Waals surface area contributed by atoms with E-state index in [4.69, 9.17) is 30.4 Å². The molecule has 0 aliphatic carbocycles. The topological polar surface area (TPSA) is 259 Å². The summed E-state index contributed by atoms with van der Waals surface area (Å²) in [4.78, 5) is 21.3. The van der Waals surface area contributed by atoms with Gasteiger partial charge in [-0.1, -0.05) is 259 Å². The number of nitrogens with zero attached hydrogens (tertiary/aromatic N) is 2. The minimum absolute atomic E-state index is 0. The van der Waals surface area contributed by atoms with Crippen molar-refractivity contribution in [3.63, 3.8) is 0 Å². The van der Waals surface area contributed by atoms with Crippen LogP contribution in [0.25, 0.3) is 0 Å². The molecular weight excluding hydrogens is 949 g/mol. The Bertz CT molecular complexity index is 1490. The largest absolute Gasteiger partial charge is 0.490 e. The molecule has 75 heavy (non-hydrogen) atoms. The van der Waals surface area contributed by atoms with E-state index in [1.54, 1.807) is 0 Å². The zero-order valence-corrected chi connectivity index (χ0v) is 48.4. The molecule has 0 heterocycles. The molecule has 0 aliphatic rings. The van der Waals surface area contributed by atoms with Crippen LogP contribution in [-0.4, -0.2) is 41.8 Å². The quantitative estimate of drug-likeness (QED) is 0.0159. The molecule has 15 heteroatoms. The highest BCUT2D eigenvalue weighted by atomic mass is 16.6. The van der Waals surface area contributed by atoms with E-state index in [1.165, 1.54) is 205 Å². The SMILES string of the molecule is CCCCCCCCCCCCOc1cc(N)c(N)cc1OCCCCCCCCCCCC.CCCCCCCCCCCCOc1cc([N+](=O)[O-])c([N+](=O)[O-])cc1OCCCCCCCCCCCC.NN.O. The molecule has 2 aromatic rings. The van der Waals surface area contributed by atoms with Gasteiger partial charge in [0, 0.05) is 12.1 Å². The highest BCUT2D eigenvalue weighted by Crippen LogP contribution is 2.40. The summed E-state index contributed by atoms with van der Waals surface area (Å²) in [6.07, 6.45) is 50.4. The number of hydrogen-bond acceptors (Lipinski definition) is 12. The molecule has 0 aliphatic heterocycles. The summed E-state index contributed by atoms with van der Waals surface area (Å²) in [5, 5.41) is 22.8. The van der Waals surface area contributed by atoms with E-state index in [1.807, 2.05) is 12.1 Å². The number of unbranched alkanes of at least 4 members (excludes halogenated alkanes) is 36. The number of nitro groups is 2. The van der Waals surface area contributed by atoms with Gasteiger partial charge in [-0.25, -0.2) is 0 Å². The molecule has 0 amide bonds. The maximum Gasteiger partial charge on any atom is 0.350 e. The normalized spacial score (nSPS) is 10.7. The van der Waals surface area contributed by atoms with Crippen molar-refractivity contribution in [2.24, 2.45) is 11.7 Å². The Balaban J connectivity index is 0. The summed E-state index contributed by atoms with van der Waals surface area (Å²) in [5.41, 5.74) is 12.0. The average molecular weight is 1060 g/mol. The van der Waals surface area contributed by atoms with Crippen molar-refractivity contribution >= 4 is 22.7 Å². The molecule has 2 aromatic carbocycles. The maximum atomic E-state index is 11.4. The van der Waals surface area contributed by atoms with Crippen LogP contribution in [0.15, 0.2) is 24.3 Å². The number of hydrogen-bond donors (Lipinski definition) is 4. The zero-order valence-electron chi connectivity index (χ0n) is 48.4. The van der Waals surface area contributed by atoms with Crippen molar-refractivity contribution in [2.45, 2.75) is 285 Å². The Morgan fingerprint density at radius 1 is 0.320 bits per heavy atom. The number of nitrogen functional groups attached to an aromatic ring is 2. The van der Waals surface area contributed by atoms with Gasteiger partial charge in [0.05, 0.1) is 59.8 Å². The summed E-state index contributed by atoms with van der Waals surface area (Å²) in [6, 6.07) is 5.92. The molecule has 0 spiro atoms. The van der Waals surface area contributed by atoms with Crippen LogP contribution >= 0.6 is 0 Å². The fourth-order valence-electron chi connectivity index (χ4n) is 8.96. The molecule has 0 atom stereocenters. The number of hydrazine groups is 1. The van der Waals surface area contributed by atoms with Crippen LogP contribution in [0, 0.1) is 20.2 Å². The minimum atomic E-state index is -0.739. The summed E-state index contributed by atoms with van der Waals surface area (Å²) in [6.45, 7) is 11.2. The molecule has 0 saturated carbocycles. The third-order valence-electron chi connectivity index (χ3n) is 13.6. The van der Waals surface area contributed by atoms with Crippen LogP contribution in [0.4, 0.5) is 22.7 Å². The van der Waals surface area contributed by atoms with Crippen LogP contribution in [0.5, 0.6) is 23.0 Å². The molecule has 0 radical (unpaired) electrons. The predicted octanol–water partition coefficient (Wildman–Crippen LogP) is 17.5. The highest BCUT2D eigenvalue weighted by molar-refractivity contribution is 5.69. The molecule has 438 valence electrons. The van der Waals surface area contributed by atoms with E-state index in [9.17, 15) is 20.2 Å². The summed E-state index contributed by atoms with van der Waals surface area (Å²) >= 11 is 0. The fourth-order valence-corrected chi connectivity index (χ4v) is 8.96. The number of anilines is 2. The van der Waals surface area contributed by atoms with Crippen molar-refractivity contribution in [1.29, 1.82) is 0 Å². The van der Waals surface area contributed by atoms with Crippen LogP contribution in [0.1, 0.15) is 285 Å². The lowest BCUT2D eigenvalue weighted by molar-refractivity contribution is -0.422. The number of ether oxygens (including phenoxy) is 4. The van der Waals surface area contributed by atoms with Gasteiger partial charge in [0.15, 0.2) is 23.0 Å². The lowest BCUT2D eigenvalue weighted by atomic mass is 10.1. The second kappa shape index (κ2) is 54.7. The van der Waals surface area contributed by atoms with Gasteiger partial charge in [0.25, 0.3) is 0 Å². The third-order valence-corrected chi connectivity index (χ3v) is 13.6. The first kappa shape index (κ1) is 73.0. The first-order chi connectivity index (χ1) is 36.2. The molecule has 0 saturated heterocycles. The van der Waals surface area contributed by atoms with E-state index in [0.29, 0.717) is 37.8 Å². The van der Waals surface area contributed by atoms with Gasteiger partial charge in [-0.2, -0.15) is 0 Å². The number of nitrogens with two attached hydrogens (primary N) is 4. The van der Waals surface area contributed by atoms with Gasteiger partial charge in [-0.15, -0.1) is 0 Å². The monoisotopic (exact) mass is 1060 g/mol. The molecule has 0 aromatic heterocycles. The Morgan fingerprint density at radius 2 is 0.480 bits per heavy atom. The average Bonchev–Trinajstić information content (AvgIpc) is 3.40. The second-order valence-corrected chi connectivity index (χ2v) is 20.4. The number of rotatable bonds is 50. The van der Waals surface area contributed by atoms with Crippen LogP contribution < -0.4 is 42.1 Å². The fraction of sp³-hybridized carbons (Fsp3) is 0.800. The van der Waals surface area contributed by atoms with Gasteiger partial charge in [-0.3, -0.25) is 31.9 Å². The molecule has 10 N–H and O–H groups in total. The Labute approximate surface area is 457 Å². The summed E-state index contributed by atoms with van der Waals surface area (Å²) in [5.74, 6) is 9.89. The zero-order chi connectivity index (χ0) is 54.5. The highest BCUT2D eigenvalue weighted by Gasteiger charge is 2.28. The van der Waals surface area contributed by atoms with Crippen molar-refractivity contribution < 1.29 is 34.3 Å². The molecule has 0 fully saturated rings. The molecule has 15 nitrogen and oxygen atoms in total. The number of benzene rings is 2.